The van der Waals surface area contributed by atoms with E-state index in [1.54, 1.807) is 7.05 Å². The summed E-state index contributed by atoms with van der Waals surface area (Å²) in [6.45, 7) is 16.5. The number of aliphatic hydroxyl groups is 1. The zero-order chi connectivity index (χ0) is 33.1. The number of rotatable bonds is 35. The Morgan fingerprint density at radius 3 is 0.889 bits per heavy atom. The van der Waals surface area contributed by atoms with Gasteiger partial charge in [0.25, 0.3) is 0 Å². The summed E-state index contributed by atoms with van der Waals surface area (Å²) < 4.78 is 64.8. The summed E-state index contributed by atoms with van der Waals surface area (Å²) in [5.74, 6) is 0. The Hall–Kier alpha value is -1.21. The molecule has 0 spiro atoms. The number of carbonyl (C=O) groups is 1. The van der Waals surface area contributed by atoms with Gasteiger partial charge in [0.15, 0.2) is 0 Å². The van der Waals surface area contributed by atoms with Crippen LogP contribution in [0.25, 0.3) is 0 Å². The van der Waals surface area contributed by atoms with E-state index in [1.807, 2.05) is 20.8 Å². The van der Waals surface area contributed by atoms with E-state index >= 15 is 0 Å². The molecule has 0 aliphatic rings. The first kappa shape index (κ1) is 43.8. The van der Waals surface area contributed by atoms with Gasteiger partial charge in [0.1, 0.15) is 5.60 Å². The molecule has 45 heavy (non-hydrogen) atoms. The number of carbonyl (C=O) groups excluding carboxylic acids is 1. The number of hydrogen-bond acceptors (Lipinski definition) is 14. The van der Waals surface area contributed by atoms with Crippen molar-refractivity contribution < 1.29 is 66.7 Å². The Kier molecular flexibility index (Phi) is 33.2. The second-order valence-corrected chi connectivity index (χ2v) is 10.4. The van der Waals surface area contributed by atoms with Crippen molar-refractivity contribution in [1.29, 1.82) is 0 Å². The minimum Gasteiger partial charge on any atom is -0.444 e. The van der Waals surface area contributed by atoms with Crippen LogP contribution in [0.2, 0.25) is 0 Å². The topological polar surface area (TPSA) is 151 Å². The van der Waals surface area contributed by atoms with Gasteiger partial charge in [-0.15, -0.1) is 0 Å². The van der Waals surface area contributed by atoms with E-state index in [4.69, 9.17) is 61.9 Å². The van der Waals surface area contributed by atoms with Crippen LogP contribution in [0.1, 0.15) is 20.8 Å². The SMILES string of the molecule is CN(CCOCCOCCOCCOCCOCCOCCOCCOCCOCCOCCOCCO)C(=O)OC(C)(C)C. The first-order valence-corrected chi connectivity index (χ1v) is 15.8. The van der Waals surface area contributed by atoms with Crippen LogP contribution in [0.4, 0.5) is 4.79 Å². The quantitative estimate of drug-likeness (QED) is 0.0965. The molecule has 15 heteroatoms. The molecular formula is C30H61NO14. The summed E-state index contributed by atoms with van der Waals surface area (Å²) in [4.78, 5) is 13.3. The molecular weight excluding hydrogens is 598 g/mol. The van der Waals surface area contributed by atoms with E-state index in [9.17, 15) is 4.79 Å². The van der Waals surface area contributed by atoms with Gasteiger partial charge >= 0.3 is 6.09 Å². The number of ether oxygens (including phenoxy) is 12. The first-order valence-electron chi connectivity index (χ1n) is 15.8. The van der Waals surface area contributed by atoms with Crippen LogP contribution in [-0.4, -0.2) is 187 Å². The van der Waals surface area contributed by atoms with Crippen LogP contribution < -0.4 is 0 Å². The van der Waals surface area contributed by atoms with E-state index in [0.29, 0.717) is 152 Å². The molecule has 0 saturated carbocycles. The molecule has 0 aromatic rings. The predicted molar refractivity (Wildman–Crippen MR) is 165 cm³/mol. The van der Waals surface area contributed by atoms with Crippen molar-refractivity contribution in [3.8, 4) is 0 Å². The third-order valence-electron chi connectivity index (χ3n) is 5.23. The summed E-state index contributed by atoms with van der Waals surface area (Å²) in [5.41, 5.74) is -0.511. The first-order chi connectivity index (χ1) is 21.9. The Bertz CT molecular complexity index is 612. The second kappa shape index (κ2) is 34.1. The predicted octanol–water partition coefficient (Wildman–Crippen LogP) is 1.03. The van der Waals surface area contributed by atoms with E-state index in [1.165, 1.54) is 4.90 Å². The molecule has 0 saturated heterocycles. The number of amides is 1. The number of aliphatic hydroxyl groups excluding tert-OH is 1. The molecule has 1 amide bonds. The average Bonchev–Trinajstić information content (AvgIpc) is 3.00. The van der Waals surface area contributed by atoms with Crippen molar-refractivity contribution in [3.63, 3.8) is 0 Å². The fourth-order valence-corrected chi connectivity index (χ4v) is 3.00. The second-order valence-electron chi connectivity index (χ2n) is 10.4. The molecule has 0 radical (unpaired) electrons. The van der Waals surface area contributed by atoms with Gasteiger partial charge < -0.3 is 66.8 Å². The Labute approximate surface area is 269 Å². The molecule has 0 aliphatic heterocycles. The van der Waals surface area contributed by atoms with Crippen LogP contribution >= 0.6 is 0 Å². The van der Waals surface area contributed by atoms with Crippen molar-refractivity contribution in [2.45, 2.75) is 26.4 Å². The largest absolute Gasteiger partial charge is 0.444 e. The highest BCUT2D eigenvalue weighted by Gasteiger charge is 2.19. The van der Waals surface area contributed by atoms with E-state index < -0.39 is 5.60 Å². The van der Waals surface area contributed by atoms with Gasteiger partial charge in [-0.25, -0.2) is 4.79 Å². The molecule has 0 aromatic carbocycles. The lowest BCUT2D eigenvalue weighted by Gasteiger charge is -2.24. The van der Waals surface area contributed by atoms with Crippen LogP contribution in [0.5, 0.6) is 0 Å². The molecule has 0 aromatic heterocycles. The zero-order valence-corrected chi connectivity index (χ0v) is 28.2. The summed E-state index contributed by atoms with van der Waals surface area (Å²) in [5, 5.41) is 8.57. The average molecular weight is 660 g/mol. The van der Waals surface area contributed by atoms with Crippen LogP contribution in [0.15, 0.2) is 0 Å². The van der Waals surface area contributed by atoms with Gasteiger partial charge in [-0.05, 0) is 20.8 Å². The zero-order valence-electron chi connectivity index (χ0n) is 28.2. The van der Waals surface area contributed by atoms with Crippen molar-refractivity contribution in [1.82, 2.24) is 4.90 Å². The lowest BCUT2D eigenvalue weighted by atomic mass is 10.2. The fraction of sp³-hybridized carbons (Fsp3) is 0.967. The summed E-state index contributed by atoms with van der Waals surface area (Å²) in [7, 11) is 1.68. The maximum absolute atomic E-state index is 11.8. The summed E-state index contributed by atoms with van der Waals surface area (Å²) >= 11 is 0. The van der Waals surface area contributed by atoms with Crippen molar-refractivity contribution in [2.24, 2.45) is 0 Å². The van der Waals surface area contributed by atoms with E-state index in [-0.39, 0.29) is 12.7 Å². The molecule has 15 nitrogen and oxygen atoms in total. The third-order valence-corrected chi connectivity index (χ3v) is 5.23. The molecule has 270 valence electrons. The maximum Gasteiger partial charge on any atom is 0.410 e. The molecule has 0 heterocycles. The minimum absolute atomic E-state index is 0.0219. The molecule has 1 N–H and O–H groups in total. The van der Waals surface area contributed by atoms with Gasteiger partial charge in [0.2, 0.25) is 0 Å². The maximum atomic E-state index is 11.8. The summed E-state index contributed by atoms with van der Waals surface area (Å²) in [6.07, 6.45) is -0.366. The molecule has 0 aliphatic carbocycles. The lowest BCUT2D eigenvalue weighted by molar-refractivity contribution is -0.0280. The fourth-order valence-electron chi connectivity index (χ4n) is 3.00. The van der Waals surface area contributed by atoms with Crippen LogP contribution in [0, 0.1) is 0 Å². The number of likely N-dealkylation sites (N-methyl/N-ethyl adjacent to an activating group) is 1. The van der Waals surface area contributed by atoms with Crippen LogP contribution in [0.3, 0.4) is 0 Å². The van der Waals surface area contributed by atoms with Gasteiger partial charge in [0.05, 0.1) is 152 Å². The highest BCUT2D eigenvalue weighted by Crippen LogP contribution is 2.08. The van der Waals surface area contributed by atoms with Crippen LogP contribution in [-0.2, 0) is 56.8 Å². The number of nitrogens with zero attached hydrogens (tertiary/aromatic N) is 1. The van der Waals surface area contributed by atoms with Gasteiger partial charge in [0, 0.05) is 13.6 Å². The molecule has 0 fully saturated rings. The van der Waals surface area contributed by atoms with Crippen molar-refractivity contribution >= 4 is 6.09 Å². The number of hydrogen-bond donors (Lipinski definition) is 1. The Balaban J connectivity index is 3.14. The standard InChI is InChI=1S/C30H61NO14/c1-30(2,3)45-29(33)31(4)5-7-34-9-11-36-13-15-38-17-19-40-21-23-42-25-27-44-28-26-43-24-22-41-20-18-39-16-14-37-12-10-35-8-6-32/h32H,5-28H2,1-4H3. The van der Waals surface area contributed by atoms with Crippen molar-refractivity contribution in [3.05, 3.63) is 0 Å². The van der Waals surface area contributed by atoms with E-state index in [2.05, 4.69) is 0 Å². The minimum atomic E-state index is -0.511. The highest BCUT2D eigenvalue weighted by atomic mass is 16.6. The van der Waals surface area contributed by atoms with Crippen molar-refractivity contribution in [2.75, 3.05) is 166 Å². The van der Waals surface area contributed by atoms with E-state index in [0.717, 1.165) is 0 Å². The van der Waals surface area contributed by atoms with Gasteiger partial charge in [-0.1, -0.05) is 0 Å². The summed E-state index contributed by atoms with van der Waals surface area (Å²) in [6, 6.07) is 0. The molecule has 0 unspecified atom stereocenters. The monoisotopic (exact) mass is 659 g/mol. The smallest absolute Gasteiger partial charge is 0.410 e. The molecule has 0 bridgehead atoms. The molecule has 0 atom stereocenters. The Morgan fingerprint density at radius 2 is 0.667 bits per heavy atom. The molecule has 0 rings (SSSR count). The third kappa shape index (κ3) is 37.1. The van der Waals surface area contributed by atoms with Gasteiger partial charge in [-0.3, -0.25) is 0 Å². The Morgan fingerprint density at radius 1 is 0.444 bits per heavy atom. The lowest BCUT2D eigenvalue weighted by Crippen LogP contribution is -2.36. The van der Waals surface area contributed by atoms with Gasteiger partial charge in [-0.2, -0.15) is 0 Å². The normalized spacial score (nSPS) is 11.8. The highest BCUT2D eigenvalue weighted by molar-refractivity contribution is 5.67.